The number of hydrogen-bond donors (Lipinski definition) is 1. The van der Waals surface area contributed by atoms with E-state index >= 15 is 0 Å². The first-order chi connectivity index (χ1) is 5.90. The molecule has 0 aromatic heterocycles. The van der Waals surface area contributed by atoms with Crippen molar-refractivity contribution in [1.29, 1.82) is 0 Å². The maximum Gasteiger partial charge on any atom is 0.319 e. The Morgan fingerprint density at radius 2 is 1.69 bits per heavy atom. The number of hydrogen-bond acceptors (Lipinski definition) is 2. The minimum Gasteiger partial charge on any atom is -0.270 e. The van der Waals surface area contributed by atoms with Crippen LogP contribution in [0.15, 0.2) is 18.2 Å². The lowest BCUT2D eigenvalue weighted by molar-refractivity contribution is 0.614. The largest absolute Gasteiger partial charge is 0.319 e. The molecule has 3 nitrogen and oxygen atoms in total. The Morgan fingerprint density at radius 3 is 2.08 bits per heavy atom. The van der Waals surface area contributed by atoms with Crippen LogP contribution in [0.1, 0.15) is 11.1 Å². The van der Waals surface area contributed by atoms with Gasteiger partial charge in [0.25, 0.3) is 0 Å². The zero-order valence-corrected chi connectivity index (χ0v) is 8.91. The van der Waals surface area contributed by atoms with Gasteiger partial charge in [-0.1, -0.05) is 18.2 Å². The van der Waals surface area contributed by atoms with E-state index in [-0.39, 0.29) is 0 Å². The second-order valence-electron chi connectivity index (χ2n) is 2.81. The molecule has 13 heavy (non-hydrogen) atoms. The Bertz CT molecular complexity index is 394. The molecule has 0 bridgehead atoms. The van der Waals surface area contributed by atoms with Crippen molar-refractivity contribution in [2.75, 3.05) is 4.72 Å². The summed E-state index contributed by atoms with van der Waals surface area (Å²) in [4.78, 5) is 0. The van der Waals surface area contributed by atoms with Gasteiger partial charge in [0.2, 0.25) is 0 Å². The maximum absolute atomic E-state index is 10.8. The molecule has 0 heterocycles. The zero-order valence-electron chi connectivity index (χ0n) is 7.33. The van der Waals surface area contributed by atoms with Gasteiger partial charge >= 0.3 is 9.24 Å². The van der Waals surface area contributed by atoms with Crippen LogP contribution in [0.3, 0.4) is 0 Å². The summed E-state index contributed by atoms with van der Waals surface area (Å²) in [5.74, 6) is 0. The van der Waals surface area contributed by atoms with E-state index in [0.717, 1.165) is 11.1 Å². The molecule has 0 unspecified atom stereocenters. The molecule has 1 aromatic rings. The average Bonchev–Trinajstić information content (AvgIpc) is 1.95. The molecule has 72 valence electrons. The first-order valence-corrected chi connectivity index (χ1v) is 6.00. The molecule has 0 aliphatic heterocycles. The number of benzene rings is 1. The van der Waals surface area contributed by atoms with Crippen LogP contribution in [-0.2, 0) is 9.24 Å². The third-order valence-electron chi connectivity index (χ3n) is 1.71. The standard InChI is InChI=1S/C8H10ClNO2S/c1-6-4-3-5-7(2)8(6)10-13(9,11)12/h3-5,10H,1-2H3. The van der Waals surface area contributed by atoms with Crippen LogP contribution in [0, 0.1) is 13.8 Å². The molecule has 0 spiro atoms. The van der Waals surface area contributed by atoms with Crippen molar-refractivity contribution in [2.24, 2.45) is 0 Å². The maximum atomic E-state index is 10.8. The monoisotopic (exact) mass is 219 g/mol. The summed E-state index contributed by atoms with van der Waals surface area (Å²) in [6, 6.07) is 5.49. The molecule has 0 aliphatic rings. The van der Waals surface area contributed by atoms with E-state index in [4.69, 9.17) is 10.7 Å². The summed E-state index contributed by atoms with van der Waals surface area (Å²) in [6.45, 7) is 3.63. The average molecular weight is 220 g/mol. The summed E-state index contributed by atoms with van der Waals surface area (Å²) in [6.07, 6.45) is 0. The lowest BCUT2D eigenvalue weighted by Crippen LogP contribution is -2.06. The van der Waals surface area contributed by atoms with Gasteiger partial charge in [0.05, 0.1) is 5.69 Å². The normalized spacial score (nSPS) is 11.3. The third-order valence-corrected chi connectivity index (χ3v) is 2.38. The predicted molar refractivity (Wildman–Crippen MR) is 54.3 cm³/mol. The van der Waals surface area contributed by atoms with E-state index in [2.05, 4.69) is 4.72 Å². The summed E-state index contributed by atoms with van der Waals surface area (Å²) in [7, 11) is 1.37. The lowest BCUT2D eigenvalue weighted by atomic mass is 10.1. The van der Waals surface area contributed by atoms with Crippen molar-refractivity contribution in [3.63, 3.8) is 0 Å². The highest BCUT2D eigenvalue weighted by Crippen LogP contribution is 2.21. The van der Waals surface area contributed by atoms with Gasteiger partial charge in [0, 0.05) is 10.7 Å². The highest BCUT2D eigenvalue weighted by atomic mass is 35.7. The van der Waals surface area contributed by atoms with E-state index in [1.54, 1.807) is 0 Å². The van der Waals surface area contributed by atoms with Gasteiger partial charge in [-0.2, -0.15) is 8.42 Å². The molecule has 0 saturated heterocycles. The van der Waals surface area contributed by atoms with Crippen molar-refractivity contribution >= 4 is 25.6 Å². The number of para-hydroxylation sites is 1. The van der Waals surface area contributed by atoms with Gasteiger partial charge in [-0.25, -0.2) is 0 Å². The minimum atomic E-state index is -3.70. The van der Waals surface area contributed by atoms with Gasteiger partial charge in [-0.05, 0) is 25.0 Å². The second-order valence-corrected chi connectivity index (χ2v) is 5.11. The van der Waals surface area contributed by atoms with E-state index < -0.39 is 9.24 Å². The predicted octanol–water partition coefficient (Wildman–Crippen LogP) is 2.20. The van der Waals surface area contributed by atoms with Crippen molar-refractivity contribution in [3.8, 4) is 0 Å². The van der Waals surface area contributed by atoms with E-state index in [1.807, 2.05) is 32.0 Å². The Morgan fingerprint density at radius 1 is 1.23 bits per heavy atom. The zero-order chi connectivity index (χ0) is 10.1. The number of anilines is 1. The summed E-state index contributed by atoms with van der Waals surface area (Å²) < 4.78 is 23.8. The van der Waals surface area contributed by atoms with Crippen LogP contribution in [0.25, 0.3) is 0 Å². The molecule has 1 aromatic carbocycles. The number of rotatable bonds is 2. The fourth-order valence-electron chi connectivity index (χ4n) is 1.10. The van der Waals surface area contributed by atoms with E-state index in [1.165, 1.54) is 0 Å². The SMILES string of the molecule is Cc1cccc(C)c1NS(=O)(=O)Cl. The Hall–Kier alpha value is -0.740. The lowest BCUT2D eigenvalue weighted by Gasteiger charge is -2.08. The molecular weight excluding hydrogens is 210 g/mol. The summed E-state index contributed by atoms with van der Waals surface area (Å²) in [5.41, 5.74) is 2.26. The van der Waals surface area contributed by atoms with Gasteiger partial charge < -0.3 is 0 Å². The fraction of sp³-hybridized carbons (Fsp3) is 0.250. The molecule has 0 saturated carbocycles. The molecule has 0 aliphatic carbocycles. The molecule has 0 radical (unpaired) electrons. The second kappa shape index (κ2) is 3.55. The van der Waals surface area contributed by atoms with Crippen molar-refractivity contribution in [2.45, 2.75) is 13.8 Å². The van der Waals surface area contributed by atoms with E-state index in [0.29, 0.717) is 5.69 Å². The van der Waals surface area contributed by atoms with Crippen LogP contribution in [0.4, 0.5) is 5.69 Å². The van der Waals surface area contributed by atoms with Gasteiger partial charge in [-0.15, -0.1) is 0 Å². The molecule has 1 N–H and O–H groups in total. The van der Waals surface area contributed by atoms with E-state index in [9.17, 15) is 8.42 Å². The fourth-order valence-corrected chi connectivity index (χ4v) is 1.89. The molecule has 5 heteroatoms. The van der Waals surface area contributed by atoms with Gasteiger partial charge in [-0.3, -0.25) is 4.72 Å². The van der Waals surface area contributed by atoms with Crippen LogP contribution in [-0.4, -0.2) is 8.42 Å². The van der Waals surface area contributed by atoms with Crippen LogP contribution in [0.5, 0.6) is 0 Å². The van der Waals surface area contributed by atoms with Gasteiger partial charge in [0.1, 0.15) is 0 Å². The third kappa shape index (κ3) is 2.90. The molecule has 0 amide bonds. The number of aryl methyl sites for hydroxylation is 2. The van der Waals surface area contributed by atoms with Gasteiger partial charge in [0.15, 0.2) is 0 Å². The quantitative estimate of drug-likeness (QED) is 0.776. The summed E-state index contributed by atoms with van der Waals surface area (Å²) >= 11 is 0. The van der Waals surface area contributed by atoms with Crippen molar-refractivity contribution in [3.05, 3.63) is 29.3 Å². The topological polar surface area (TPSA) is 46.2 Å². The highest BCUT2D eigenvalue weighted by Gasteiger charge is 2.08. The molecular formula is C8H10ClNO2S. The first kappa shape index (κ1) is 10.3. The number of nitrogens with one attached hydrogen (secondary N) is 1. The smallest absolute Gasteiger partial charge is 0.270 e. The minimum absolute atomic E-state index is 0.553. The Labute approximate surface area is 82.3 Å². The van der Waals surface area contributed by atoms with Crippen LogP contribution >= 0.6 is 10.7 Å². The van der Waals surface area contributed by atoms with Crippen LogP contribution in [0.2, 0.25) is 0 Å². The van der Waals surface area contributed by atoms with Crippen molar-refractivity contribution < 1.29 is 8.42 Å². The first-order valence-electron chi connectivity index (χ1n) is 3.69. The summed E-state index contributed by atoms with van der Waals surface area (Å²) in [5, 5.41) is 0. The Balaban J connectivity index is 3.15. The van der Waals surface area contributed by atoms with Crippen LogP contribution < -0.4 is 4.72 Å². The highest BCUT2D eigenvalue weighted by molar-refractivity contribution is 8.14. The molecule has 0 fully saturated rings. The number of halogens is 1. The Kier molecular flexibility index (Phi) is 2.83. The molecule has 1 rings (SSSR count). The molecule has 0 atom stereocenters. The van der Waals surface area contributed by atoms with Crippen molar-refractivity contribution in [1.82, 2.24) is 0 Å².